The molecule has 0 aliphatic carbocycles. The molecule has 1 aliphatic heterocycles. The topological polar surface area (TPSA) is 55.8 Å². The Bertz CT molecular complexity index is 750. The highest BCUT2D eigenvalue weighted by Gasteiger charge is 2.40. The monoisotopic (exact) mass is 427 g/mol. The summed E-state index contributed by atoms with van der Waals surface area (Å²) < 4.78 is 87.5. The first-order valence-electron chi connectivity index (χ1n) is 8.59. The van der Waals surface area contributed by atoms with Gasteiger partial charge in [-0.2, -0.15) is 26.3 Å². The van der Waals surface area contributed by atoms with Gasteiger partial charge in [-0.3, -0.25) is 4.90 Å². The van der Waals surface area contributed by atoms with E-state index in [9.17, 15) is 35.9 Å². The van der Waals surface area contributed by atoms with Crippen LogP contribution in [0, 0.1) is 0 Å². The van der Waals surface area contributed by atoms with Gasteiger partial charge in [0.15, 0.2) is 0 Å². The van der Waals surface area contributed by atoms with Crippen LogP contribution < -0.4 is 4.74 Å². The Kier molecular flexibility index (Phi) is 6.10. The third-order valence-electron chi connectivity index (χ3n) is 3.93. The Hall–Kier alpha value is -2.46. The van der Waals surface area contributed by atoms with Crippen LogP contribution in [0.4, 0.5) is 31.1 Å². The van der Waals surface area contributed by atoms with Gasteiger partial charge in [-0.05, 0) is 51.8 Å². The summed E-state index contributed by atoms with van der Waals surface area (Å²) >= 11 is 0. The van der Waals surface area contributed by atoms with Crippen LogP contribution in [0.2, 0.25) is 0 Å². The van der Waals surface area contributed by atoms with Crippen LogP contribution in [0.1, 0.15) is 44.7 Å². The largest absolute Gasteiger partial charge is 0.444 e. The average Bonchev–Trinajstić information content (AvgIpc) is 3.01. The summed E-state index contributed by atoms with van der Waals surface area (Å²) in [6.45, 7) is 4.96. The second kappa shape index (κ2) is 7.75. The van der Waals surface area contributed by atoms with Crippen LogP contribution >= 0.6 is 0 Å². The molecule has 1 atom stereocenters. The standard InChI is InChI=1S/C18H19F6NO4/c1-16(2,3)29-15(27)25-6-4-5-13(25)14(26)28-12-8-10(17(19,20)21)7-11(9-12)18(22,23)24/h7-9,13H,4-6H2,1-3H3. The van der Waals surface area contributed by atoms with Crippen molar-refractivity contribution in [1.82, 2.24) is 4.90 Å². The summed E-state index contributed by atoms with van der Waals surface area (Å²) in [5, 5.41) is 0. The van der Waals surface area contributed by atoms with Crippen molar-refractivity contribution in [1.29, 1.82) is 0 Å². The van der Waals surface area contributed by atoms with Crippen LogP contribution in [-0.2, 0) is 21.9 Å². The van der Waals surface area contributed by atoms with Gasteiger partial charge in [0.2, 0.25) is 0 Å². The van der Waals surface area contributed by atoms with Crippen LogP contribution in [0.25, 0.3) is 0 Å². The first kappa shape index (κ1) is 22.8. The molecular formula is C18H19F6NO4. The van der Waals surface area contributed by atoms with E-state index in [1.165, 1.54) is 0 Å². The van der Waals surface area contributed by atoms with Gasteiger partial charge in [0, 0.05) is 6.54 Å². The number of rotatable bonds is 2. The fourth-order valence-electron chi connectivity index (χ4n) is 2.72. The van der Waals surface area contributed by atoms with Crippen molar-refractivity contribution >= 4 is 12.1 Å². The van der Waals surface area contributed by atoms with Gasteiger partial charge < -0.3 is 9.47 Å². The van der Waals surface area contributed by atoms with Crippen LogP contribution in [-0.4, -0.2) is 35.2 Å². The van der Waals surface area contributed by atoms with E-state index in [4.69, 9.17) is 9.47 Å². The van der Waals surface area contributed by atoms with Gasteiger partial charge in [0.05, 0.1) is 11.1 Å². The minimum atomic E-state index is -5.07. The van der Waals surface area contributed by atoms with Crippen molar-refractivity contribution in [2.24, 2.45) is 0 Å². The second-order valence-electron chi connectivity index (χ2n) is 7.49. The highest BCUT2D eigenvalue weighted by atomic mass is 19.4. The first-order chi connectivity index (χ1) is 13.1. The van der Waals surface area contributed by atoms with Crippen LogP contribution in [0.15, 0.2) is 18.2 Å². The molecule has 1 aliphatic rings. The number of hydrogen-bond donors (Lipinski definition) is 0. The highest BCUT2D eigenvalue weighted by Crippen LogP contribution is 2.38. The van der Waals surface area contributed by atoms with Crippen LogP contribution in [0.3, 0.4) is 0 Å². The fourth-order valence-corrected chi connectivity index (χ4v) is 2.72. The number of hydrogen-bond acceptors (Lipinski definition) is 4. The minimum Gasteiger partial charge on any atom is -0.444 e. The summed E-state index contributed by atoms with van der Waals surface area (Å²) in [5.41, 5.74) is -4.06. The fraction of sp³-hybridized carbons (Fsp3) is 0.556. The predicted molar refractivity (Wildman–Crippen MR) is 88.0 cm³/mol. The van der Waals surface area contributed by atoms with Crippen LogP contribution in [0.5, 0.6) is 5.75 Å². The predicted octanol–water partition coefficient (Wildman–Crippen LogP) is 5.03. The molecule has 162 valence electrons. The van der Waals surface area contributed by atoms with E-state index in [1.807, 2.05) is 0 Å². The van der Waals surface area contributed by atoms with Gasteiger partial charge in [-0.25, -0.2) is 9.59 Å². The zero-order chi connectivity index (χ0) is 22.2. The smallest absolute Gasteiger partial charge is 0.416 e. The number of esters is 1. The number of amides is 1. The first-order valence-corrected chi connectivity index (χ1v) is 8.59. The SMILES string of the molecule is CC(C)(C)OC(=O)N1CCCC1C(=O)Oc1cc(C(F)(F)F)cc(C(F)(F)F)c1. The Morgan fingerprint density at radius 2 is 1.48 bits per heavy atom. The van der Waals surface area contributed by atoms with E-state index in [0.29, 0.717) is 18.6 Å². The van der Waals surface area contributed by atoms with E-state index >= 15 is 0 Å². The normalized spacial score (nSPS) is 18.0. The second-order valence-corrected chi connectivity index (χ2v) is 7.49. The maximum atomic E-state index is 12.9. The molecule has 1 unspecified atom stereocenters. The number of nitrogens with zero attached hydrogens (tertiary/aromatic N) is 1. The molecule has 1 fully saturated rings. The lowest BCUT2D eigenvalue weighted by Crippen LogP contribution is -2.44. The molecule has 2 rings (SSSR count). The quantitative estimate of drug-likeness (QED) is 0.378. The molecule has 0 spiro atoms. The molecule has 0 aromatic heterocycles. The molecule has 0 N–H and O–H groups in total. The number of likely N-dealkylation sites (tertiary alicyclic amines) is 1. The van der Waals surface area contributed by atoms with E-state index in [1.54, 1.807) is 20.8 Å². The molecule has 29 heavy (non-hydrogen) atoms. The number of ether oxygens (including phenoxy) is 2. The van der Waals surface area contributed by atoms with Crippen molar-refractivity contribution in [3.05, 3.63) is 29.3 Å². The van der Waals surface area contributed by atoms with Crippen molar-refractivity contribution in [2.45, 2.75) is 57.6 Å². The van der Waals surface area contributed by atoms with Gasteiger partial charge in [-0.1, -0.05) is 0 Å². The summed E-state index contributed by atoms with van der Waals surface area (Å²) in [6, 6.07) is -0.631. The number of alkyl halides is 6. The third kappa shape index (κ3) is 6.01. The van der Waals surface area contributed by atoms with Gasteiger partial charge in [0.1, 0.15) is 17.4 Å². The van der Waals surface area contributed by atoms with E-state index in [0.717, 1.165) is 4.90 Å². The molecule has 1 heterocycles. The van der Waals surface area contributed by atoms with Crippen molar-refractivity contribution < 1.29 is 45.4 Å². The van der Waals surface area contributed by atoms with E-state index in [-0.39, 0.29) is 19.0 Å². The summed E-state index contributed by atoms with van der Waals surface area (Å²) in [7, 11) is 0. The minimum absolute atomic E-state index is 0.0695. The molecule has 5 nitrogen and oxygen atoms in total. The average molecular weight is 427 g/mol. The number of halogens is 6. The maximum absolute atomic E-state index is 12.9. The molecule has 1 saturated heterocycles. The zero-order valence-corrected chi connectivity index (χ0v) is 15.8. The molecular weight excluding hydrogens is 408 g/mol. The Labute approximate surface area is 162 Å². The number of benzene rings is 1. The number of carbonyl (C=O) groups excluding carboxylic acids is 2. The molecule has 1 amide bonds. The summed E-state index contributed by atoms with van der Waals surface area (Å²) in [6.07, 6.45) is -10.4. The maximum Gasteiger partial charge on any atom is 0.416 e. The van der Waals surface area contributed by atoms with Crippen molar-refractivity contribution in [3.63, 3.8) is 0 Å². The van der Waals surface area contributed by atoms with Gasteiger partial charge in [-0.15, -0.1) is 0 Å². The molecule has 1 aromatic carbocycles. The Morgan fingerprint density at radius 3 is 1.93 bits per heavy atom. The van der Waals surface area contributed by atoms with Crippen molar-refractivity contribution in [2.75, 3.05) is 6.54 Å². The lowest BCUT2D eigenvalue weighted by atomic mass is 10.1. The zero-order valence-electron chi connectivity index (χ0n) is 15.8. The molecule has 11 heteroatoms. The molecule has 0 bridgehead atoms. The van der Waals surface area contributed by atoms with Gasteiger partial charge >= 0.3 is 24.4 Å². The lowest BCUT2D eigenvalue weighted by molar-refractivity contribution is -0.145. The van der Waals surface area contributed by atoms with Crippen molar-refractivity contribution in [3.8, 4) is 5.75 Å². The number of carbonyl (C=O) groups is 2. The van der Waals surface area contributed by atoms with E-state index in [2.05, 4.69) is 0 Å². The molecule has 0 saturated carbocycles. The Morgan fingerprint density at radius 1 is 0.966 bits per heavy atom. The summed E-state index contributed by atoms with van der Waals surface area (Å²) in [5.74, 6) is -2.05. The highest BCUT2D eigenvalue weighted by molar-refractivity contribution is 5.83. The third-order valence-corrected chi connectivity index (χ3v) is 3.93. The van der Waals surface area contributed by atoms with E-state index < -0.39 is 52.9 Å². The lowest BCUT2D eigenvalue weighted by Gasteiger charge is -2.27. The molecule has 0 radical (unpaired) electrons. The summed E-state index contributed by atoms with van der Waals surface area (Å²) in [4.78, 5) is 25.6. The van der Waals surface area contributed by atoms with Gasteiger partial charge in [0.25, 0.3) is 0 Å². The molecule has 1 aromatic rings. The Balaban J connectivity index is 2.26.